The Morgan fingerprint density at radius 3 is 2.21 bits per heavy atom. The molecule has 0 aliphatic rings. The normalized spacial score (nSPS) is 13.1. The molecule has 0 aliphatic heterocycles. The number of amides is 2. The molecule has 0 aliphatic carbocycles. The molecule has 0 spiro atoms. The van der Waals surface area contributed by atoms with E-state index in [1.807, 2.05) is 44.2 Å². The van der Waals surface area contributed by atoms with Gasteiger partial charge < -0.3 is 10.2 Å². The number of halogens is 1. The first-order chi connectivity index (χ1) is 15.5. The van der Waals surface area contributed by atoms with E-state index in [1.165, 1.54) is 4.90 Å². The molecule has 1 N–H and O–H groups in total. The average molecular weight is 494 g/mol. The Labute approximate surface area is 201 Å². The number of carbonyl (C=O) groups excluding carboxylic acids is 2. The molecule has 0 bridgehead atoms. The highest BCUT2D eigenvalue weighted by Crippen LogP contribution is 2.27. The van der Waals surface area contributed by atoms with Gasteiger partial charge in [-0.3, -0.25) is 13.9 Å². The molecule has 9 heteroatoms. The van der Waals surface area contributed by atoms with Crippen LogP contribution in [0.2, 0.25) is 5.02 Å². The van der Waals surface area contributed by atoms with Gasteiger partial charge in [-0.1, -0.05) is 61.0 Å². The number of sulfonamides is 1. The van der Waals surface area contributed by atoms with E-state index in [0.717, 1.165) is 22.5 Å². The van der Waals surface area contributed by atoms with E-state index in [4.69, 9.17) is 11.6 Å². The highest BCUT2D eigenvalue weighted by Gasteiger charge is 2.30. The lowest BCUT2D eigenvalue weighted by Gasteiger charge is -2.32. The predicted molar refractivity (Wildman–Crippen MR) is 133 cm³/mol. The minimum absolute atomic E-state index is 0.0401. The fourth-order valence-corrected chi connectivity index (χ4v) is 4.43. The molecule has 0 radical (unpaired) electrons. The van der Waals surface area contributed by atoms with Crippen LogP contribution in [0.1, 0.15) is 32.8 Å². The summed E-state index contributed by atoms with van der Waals surface area (Å²) in [5.41, 5.74) is 1.23. The van der Waals surface area contributed by atoms with Crippen LogP contribution in [0, 0.1) is 0 Å². The maximum Gasteiger partial charge on any atom is 0.244 e. The largest absolute Gasteiger partial charge is 0.352 e. The van der Waals surface area contributed by atoms with E-state index in [9.17, 15) is 18.0 Å². The van der Waals surface area contributed by atoms with Crippen LogP contribution in [-0.4, -0.2) is 56.6 Å². The van der Waals surface area contributed by atoms with E-state index in [2.05, 4.69) is 5.32 Å². The lowest BCUT2D eigenvalue weighted by molar-refractivity contribution is -0.139. The molecule has 2 rings (SSSR count). The van der Waals surface area contributed by atoms with Crippen molar-refractivity contribution in [2.24, 2.45) is 0 Å². The smallest absolute Gasteiger partial charge is 0.244 e. The summed E-state index contributed by atoms with van der Waals surface area (Å²) in [6, 6.07) is 15.2. The zero-order valence-corrected chi connectivity index (χ0v) is 21.1. The van der Waals surface area contributed by atoms with Gasteiger partial charge in [0.1, 0.15) is 12.6 Å². The molecule has 0 aromatic heterocycles. The molecular weight excluding hydrogens is 462 g/mol. The highest BCUT2D eigenvalue weighted by atomic mass is 35.5. The Morgan fingerprint density at radius 1 is 1.03 bits per heavy atom. The Balaban J connectivity index is 2.31. The van der Waals surface area contributed by atoms with Gasteiger partial charge >= 0.3 is 0 Å². The molecule has 33 heavy (non-hydrogen) atoms. The first kappa shape index (κ1) is 26.7. The summed E-state index contributed by atoms with van der Waals surface area (Å²) in [5, 5.41) is 3.12. The Morgan fingerprint density at radius 2 is 1.64 bits per heavy atom. The standard InChI is InChI=1S/C24H32ClN3O4S/c1-5-18(2)26-24(30)19(3)27(16-15-20-11-7-6-8-12-20)23(29)17-28(33(4,31)32)22-14-10-9-13-21(22)25/h6-14,18-19H,5,15-17H2,1-4H3,(H,26,30)/t18-,19+/m1/s1. The fraction of sp³-hybridized carbons (Fsp3) is 0.417. The van der Waals surface area contributed by atoms with Gasteiger partial charge in [0.05, 0.1) is 17.0 Å². The molecule has 0 saturated heterocycles. The van der Waals surface area contributed by atoms with Crippen molar-refractivity contribution >= 4 is 39.1 Å². The van der Waals surface area contributed by atoms with Crippen molar-refractivity contribution in [3.8, 4) is 0 Å². The Hall–Kier alpha value is -2.58. The van der Waals surface area contributed by atoms with Crippen LogP contribution in [0.3, 0.4) is 0 Å². The second-order valence-corrected chi connectivity index (χ2v) is 10.4. The van der Waals surface area contributed by atoms with E-state index in [-0.39, 0.29) is 29.2 Å². The zero-order valence-electron chi connectivity index (χ0n) is 19.5. The van der Waals surface area contributed by atoms with Gasteiger partial charge in [0.2, 0.25) is 21.8 Å². The monoisotopic (exact) mass is 493 g/mol. The molecular formula is C24H32ClN3O4S. The molecule has 0 fully saturated rings. The van der Waals surface area contributed by atoms with E-state index >= 15 is 0 Å². The van der Waals surface area contributed by atoms with Crippen molar-refractivity contribution in [1.29, 1.82) is 0 Å². The number of carbonyl (C=O) groups is 2. The van der Waals surface area contributed by atoms with Crippen molar-refractivity contribution in [3.63, 3.8) is 0 Å². The van der Waals surface area contributed by atoms with Crippen molar-refractivity contribution in [3.05, 3.63) is 65.2 Å². The summed E-state index contributed by atoms with van der Waals surface area (Å²) in [6.07, 6.45) is 2.31. The molecule has 2 aromatic carbocycles. The van der Waals surface area contributed by atoms with E-state index in [0.29, 0.717) is 6.42 Å². The summed E-state index contributed by atoms with van der Waals surface area (Å²) in [5.74, 6) is -0.766. The Kier molecular flexibility index (Phi) is 9.73. The number of hydrogen-bond donors (Lipinski definition) is 1. The van der Waals surface area contributed by atoms with Gasteiger partial charge in [0.25, 0.3) is 0 Å². The molecule has 2 aromatic rings. The third-order valence-electron chi connectivity index (χ3n) is 5.45. The van der Waals surface area contributed by atoms with Gasteiger partial charge in [-0.05, 0) is 44.4 Å². The topological polar surface area (TPSA) is 86.8 Å². The summed E-state index contributed by atoms with van der Waals surface area (Å²) in [6.45, 7) is 5.31. The van der Waals surface area contributed by atoms with Crippen LogP contribution in [0.15, 0.2) is 54.6 Å². The summed E-state index contributed by atoms with van der Waals surface area (Å²) < 4.78 is 26.0. The van der Waals surface area contributed by atoms with Crippen molar-refractivity contribution < 1.29 is 18.0 Å². The lowest BCUT2D eigenvalue weighted by atomic mass is 10.1. The maximum atomic E-state index is 13.4. The summed E-state index contributed by atoms with van der Waals surface area (Å²) >= 11 is 6.22. The fourth-order valence-electron chi connectivity index (χ4n) is 3.28. The molecule has 0 unspecified atom stereocenters. The maximum absolute atomic E-state index is 13.4. The first-order valence-electron chi connectivity index (χ1n) is 10.9. The number of hydrogen-bond acceptors (Lipinski definition) is 4. The third-order valence-corrected chi connectivity index (χ3v) is 6.90. The number of nitrogens with zero attached hydrogens (tertiary/aromatic N) is 2. The number of rotatable bonds is 11. The number of anilines is 1. The minimum atomic E-state index is -3.80. The zero-order chi connectivity index (χ0) is 24.6. The van der Waals surface area contributed by atoms with Gasteiger partial charge in [0, 0.05) is 12.6 Å². The molecule has 7 nitrogen and oxygen atoms in total. The van der Waals surface area contributed by atoms with Gasteiger partial charge in [0.15, 0.2) is 0 Å². The third kappa shape index (κ3) is 7.75. The van der Waals surface area contributed by atoms with Gasteiger partial charge in [-0.15, -0.1) is 0 Å². The van der Waals surface area contributed by atoms with Gasteiger partial charge in [-0.2, -0.15) is 0 Å². The van der Waals surface area contributed by atoms with Crippen molar-refractivity contribution in [2.75, 3.05) is 23.7 Å². The van der Waals surface area contributed by atoms with Crippen molar-refractivity contribution in [2.45, 2.75) is 45.7 Å². The lowest BCUT2D eigenvalue weighted by Crippen LogP contribution is -2.53. The average Bonchev–Trinajstić information content (AvgIpc) is 2.77. The van der Waals surface area contributed by atoms with E-state index < -0.39 is 28.5 Å². The quantitative estimate of drug-likeness (QED) is 0.519. The Bertz CT molecular complexity index is 1050. The van der Waals surface area contributed by atoms with Crippen LogP contribution in [0.25, 0.3) is 0 Å². The van der Waals surface area contributed by atoms with Crippen LogP contribution in [0.5, 0.6) is 0 Å². The molecule has 0 saturated carbocycles. The van der Waals surface area contributed by atoms with Crippen LogP contribution in [0.4, 0.5) is 5.69 Å². The summed E-state index contributed by atoms with van der Waals surface area (Å²) in [4.78, 5) is 27.7. The van der Waals surface area contributed by atoms with Gasteiger partial charge in [-0.25, -0.2) is 8.42 Å². The number of benzene rings is 2. The number of nitrogens with one attached hydrogen (secondary N) is 1. The highest BCUT2D eigenvalue weighted by molar-refractivity contribution is 7.92. The minimum Gasteiger partial charge on any atom is -0.352 e. The van der Waals surface area contributed by atoms with Crippen LogP contribution >= 0.6 is 11.6 Å². The SMILES string of the molecule is CC[C@@H](C)NC(=O)[C@H](C)N(CCc1ccccc1)C(=O)CN(c1ccccc1Cl)S(C)(=O)=O. The van der Waals surface area contributed by atoms with E-state index in [1.54, 1.807) is 31.2 Å². The second kappa shape index (κ2) is 12.0. The van der Waals surface area contributed by atoms with Crippen molar-refractivity contribution in [1.82, 2.24) is 10.2 Å². The molecule has 2 amide bonds. The molecule has 2 atom stereocenters. The van der Waals surface area contributed by atoms with Crippen LogP contribution < -0.4 is 9.62 Å². The first-order valence-corrected chi connectivity index (χ1v) is 13.1. The molecule has 0 heterocycles. The summed E-state index contributed by atoms with van der Waals surface area (Å²) in [7, 11) is -3.80. The predicted octanol–water partition coefficient (Wildman–Crippen LogP) is 3.48. The number of para-hydroxylation sites is 1. The second-order valence-electron chi connectivity index (χ2n) is 8.04. The molecule has 180 valence electrons. The van der Waals surface area contributed by atoms with Crippen LogP contribution in [-0.2, 0) is 26.0 Å².